The van der Waals surface area contributed by atoms with Gasteiger partial charge in [0.25, 0.3) is 0 Å². The van der Waals surface area contributed by atoms with E-state index in [0.29, 0.717) is 6.04 Å². The number of nitrogens with one attached hydrogen (secondary N) is 2. The van der Waals surface area contributed by atoms with Crippen LogP contribution in [0.2, 0.25) is 0 Å². The molecule has 5 heteroatoms. The van der Waals surface area contributed by atoms with E-state index in [4.69, 9.17) is 4.98 Å². The van der Waals surface area contributed by atoms with Gasteiger partial charge in [0, 0.05) is 41.5 Å². The van der Waals surface area contributed by atoms with Crippen LogP contribution in [0.1, 0.15) is 31.6 Å². The third-order valence-electron chi connectivity index (χ3n) is 4.47. The van der Waals surface area contributed by atoms with Crippen LogP contribution in [0.3, 0.4) is 0 Å². The first-order valence-electron chi connectivity index (χ1n) is 8.38. The molecule has 1 saturated heterocycles. The fraction of sp³-hybridized carbons (Fsp3) is 0.500. The van der Waals surface area contributed by atoms with Crippen molar-refractivity contribution in [2.24, 2.45) is 0 Å². The summed E-state index contributed by atoms with van der Waals surface area (Å²) in [6.07, 6.45) is 7.57. The first kappa shape index (κ1) is 16.4. The maximum Gasteiger partial charge on any atom is 0.111 e. The molecule has 1 fully saturated rings. The van der Waals surface area contributed by atoms with Gasteiger partial charge >= 0.3 is 0 Å². The average Bonchev–Trinajstić information content (AvgIpc) is 3.16. The number of likely N-dealkylation sites (N-methyl/N-ethyl adjacent to an activating group) is 1. The molecule has 4 nitrogen and oxygen atoms in total. The lowest BCUT2D eigenvalue weighted by Gasteiger charge is -2.25. The van der Waals surface area contributed by atoms with Crippen LogP contribution < -0.4 is 16.0 Å². The standard InChI is InChI=1S/C18H26N4S/c1-4-16-18(15-7-10-20-13(15)2)22(14-6-5-11-23-12-14)17(21-16)8-9-19-3/h4,7,10,14,19-20H,2,5-6,8-9,11-12H2,1,3H3/b16-4+,18-15+. The van der Waals surface area contributed by atoms with Crippen molar-refractivity contribution in [2.45, 2.75) is 32.2 Å². The highest BCUT2D eigenvalue weighted by Crippen LogP contribution is 2.27. The monoisotopic (exact) mass is 330 g/mol. The molecule has 0 radical (unpaired) electrons. The van der Waals surface area contributed by atoms with Crippen LogP contribution in [0, 0.1) is 10.6 Å². The number of hydrogen-bond donors (Lipinski definition) is 2. The molecular weight excluding hydrogens is 304 g/mol. The minimum absolute atomic E-state index is 0.533. The summed E-state index contributed by atoms with van der Waals surface area (Å²) in [5.41, 5.74) is 0. The molecule has 0 aromatic carbocycles. The van der Waals surface area contributed by atoms with Crippen LogP contribution in [0.4, 0.5) is 0 Å². The Kier molecular flexibility index (Phi) is 5.28. The van der Waals surface area contributed by atoms with Gasteiger partial charge in [-0.3, -0.25) is 0 Å². The zero-order valence-electron chi connectivity index (χ0n) is 14.1. The second kappa shape index (κ2) is 7.41. The lowest BCUT2D eigenvalue weighted by molar-refractivity contribution is 0.472. The van der Waals surface area contributed by atoms with Crippen molar-refractivity contribution in [1.82, 2.24) is 19.9 Å². The van der Waals surface area contributed by atoms with Crippen molar-refractivity contribution >= 4 is 24.4 Å². The van der Waals surface area contributed by atoms with E-state index in [2.05, 4.69) is 52.3 Å². The van der Waals surface area contributed by atoms with E-state index in [1.807, 2.05) is 13.2 Å². The Bertz CT molecular complexity index is 843. The molecule has 0 spiro atoms. The predicted molar refractivity (Wildman–Crippen MR) is 98.8 cm³/mol. The highest BCUT2D eigenvalue weighted by Gasteiger charge is 2.20. The summed E-state index contributed by atoms with van der Waals surface area (Å²) in [5.74, 6) is 3.65. The van der Waals surface area contributed by atoms with Gasteiger partial charge in [-0.25, -0.2) is 4.98 Å². The van der Waals surface area contributed by atoms with E-state index in [9.17, 15) is 0 Å². The fourth-order valence-corrected chi connectivity index (χ4v) is 4.45. The van der Waals surface area contributed by atoms with Crippen LogP contribution in [0.15, 0.2) is 12.3 Å². The molecule has 2 aromatic heterocycles. The van der Waals surface area contributed by atoms with Gasteiger partial charge in [0.2, 0.25) is 0 Å². The van der Waals surface area contributed by atoms with E-state index < -0.39 is 0 Å². The third kappa shape index (κ3) is 3.26. The van der Waals surface area contributed by atoms with Crippen LogP contribution >= 0.6 is 11.8 Å². The quantitative estimate of drug-likeness (QED) is 0.894. The minimum atomic E-state index is 0.533. The highest BCUT2D eigenvalue weighted by atomic mass is 32.2. The summed E-state index contributed by atoms with van der Waals surface area (Å²) >= 11 is 2.06. The molecule has 0 aliphatic carbocycles. The summed E-state index contributed by atoms with van der Waals surface area (Å²) in [4.78, 5) is 8.17. The number of H-pyrrole nitrogens is 1. The van der Waals surface area contributed by atoms with E-state index >= 15 is 0 Å². The van der Waals surface area contributed by atoms with Crippen LogP contribution in [-0.4, -0.2) is 39.6 Å². The SMILES string of the molecule is C=c1[nH]cc/c1=c1/c(=C\C)nc(CCNC)n1C1CCCSC1. The second-order valence-corrected chi connectivity index (χ2v) is 7.16. The number of imidazole rings is 1. The zero-order valence-corrected chi connectivity index (χ0v) is 14.9. The van der Waals surface area contributed by atoms with E-state index in [0.717, 1.165) is 23.7 Å². The molecule has 3 heterocycles. The normalized spacial score (nSPS) is 21.0. The number of hydrogen-bond acceptors (Lipinski definition) is 3. The Morgan fingerprint density at radius 1 is 1.57 bits per heavy atom. The Hall–Kier alpha value is -1.46. The van der Waals surface area contributed by atoms with E-state index in [-0.39, 0.29) is 0 Å². The van der Waals surface area contributed by atoms with Gasteiger partial charge in [-0.2, -0.15) is 11.8 Å². The van der Waals surface area contributed by atoms with Gasteiger partial charge in [-0.05, 0) is 38.6 Å². The lowest BCUT2D eigenvalue weighted by Crippen LogP contribution is -2.22. The van der Waals surface area contributed by atoms with Crippen molar-refractivity contribution in [3.05, 3.63) is 39.4 Å². The Labute approximate surface area is 141 Å². The number of aromatic nitrogens is 3. The van der Waals surface area contributed by atoms with Crippen LogP contribution in [-0.2, 0) is 6.42 Å². The van der Waals surface area contributed by atoms with Crippen molar-refractivity contribution < 1.29 is 0 Å². The molecule has 0 saturated carbocycles. The molecule has 23 heavy (non-hydrogen) atoms. The number of thioether (sulfide) groups is 1. The topological polar surface area (TPSA) is 45.6 Å². The van der Waals surface area contributed by atoms with Crippen LogP contribution in [0.25, 0.3) is 12.7 Å². The molecule has 1 aliphatic rings. The Balaban J connectivity index is 2.31. The lowest BCUT2D eigenvalue weighted by atomic mass is 10.1. The number of rotatable bonds is 4. The molecule has 2 N–H and O–H groups in total. The largest absolute Gasteiger partial charge is 0.362 e. The van der Waals surface area contributed by atoms with Gasteiger partial charge in [0.1, 0.15) is 5.82 Å². The van der Waals surface area contributed by atoms with E-state index in [1.165, 1.54) is 40.7 Å². The molecule has 0 bridgehead atoms. The first-order chi connectivity index (χ1) is 11.3. The van der Waals surface area contributed by atoms with Crippen LogP contribution in [0.5, 0.6) is 0 Å². The van der Waals surface area contributed by atoms with Gasteiger partial charge in [0.05, 0.1) is 10.7 Å². The molecule has 0 amide bonds. The highest BCUT2D eigenvalue weighted by molar-refractivity contribution is 7.99. The molecule has 1 unspecified atom stereocenters. The minimum Gasteiger partial charge on any atom is -0.362 e. The Morgan fingerprint density at radius 2 is 2.43 bits per heavy atom. The summed E-state index contributed by atoms with van der Waals surface area (Å²) in [7, 11) is 2.00. The van der Waals surface area contributed by atoms with Gasteiger partial charge in [-0.1, -0.05) is 12.7 Å². The molecule has 3 rings (SSSR count). The number of nitrogens with zero attached hydrogens (tertiary/aromatic N) is 2. The van der Waals surface area contributed by atoms with E-state index in [1.54, 1.807) is 0 Å². The second-order valence-electron chi connectivity index (χ2n) is 6.01. The fourth-order valence-electron chi connectivity index (χ4n) is 3.33. The Morgan fingerprint density at radius 3 is 3.04 bits per heavy atom. The van der Waals surface area contributed by atoms with Gasteiger partial charge < -0.3 is 14.9 Å². The first-order valence-corrected chi connectivity index (χ1v) is 9.54. The maximum absolute atomic E-state index is 4.95. The maximum atomic E-state index is 4.95. The predicted octanol–water partition coefficient (Wildman–Crippen LogP) is 1.54. The number of aromatic amines is 1. The summed E-state index contributed by atoms with van der Waals surface area (Å²) < 4.78 is 2.50. The molecule has 124 valence electrons. The summed E-state index contributed by atoms with van der Waals surface area (Å²) in [5, 5.41) is 7.71. The van der Waals surface area contributed by atoms with Gasteiger partial charge in [-0.15, -0.1) is 0 Å². The van der Waals surface area contributed by atoms with Crippen molar-refractivity contribution in [3.8, 4) is 0 Å². The molecule has 1 atom stereocenters. The van der Waals surface area contributed by atoms with Gasteiger partial charge in [0.15, 0.2) is 0 Å². The summed E-state index contributed by atoms with van der Waals surface area (Å²) in [6.45, 7) is 7.18. The van der Waals surface area contributed by atoms with Crippen molar-refractivity contribution in [3.63, 3.8) is 0 Å². The third-order valence-corrected chi connectivity index (χ3v) is 5.67. The van der Waals surface area contributed by atoms with Crippen molar-refractivity contribution in [2.75, 3.05) is 25.1 Å². The zero-order chi connectivity index (χ0) is 16.2. The molecule has 2 aromatic rings. The molecular formula is C18H26N4S. The molecule has 1 aliphatic heterocycles. The summed E-state index contributed by atoms with van der Waals surface area (Å²) in [6, 6.07) is 2.66. The smallest absolute Gasteiger partial charge is 0.111 e. The average molecular weight is 331 g/mol. The van der Waals surface area contributed by atoms with Crippen molar-refractivity contribution in [1.29, 1.82) is 0 Å².